The molecule has 6 heteroatoms. The van der Waals surface area contributed by atoms with Crippen molar-refractivity contribution < 1.29 is 4.39 Å². The molecule has 0 fully saturated rings. The summed E-state index contributed by atoms with van der Waals surface area (Å²) in [6.07, 6.45) is 4.47. The van der Waals surface area contributed by atoms with E-state index >= 15 is 0 Å². The molecule has 0 atom stereocenters. The predicted octanol–water partition coefficient (Wildman–Crippen LogP) is 2.81. The smallest absolute Gasteiger partial charge is 0.160 e. The molecule has 3 aromatic rings. The van der Waals surface area contributed by atoms with Crippen molar-refractivity contribution in [3.63, 3.8) is 0 Å². The lowest BCUT2D eigenvalue weighted by Crippen LogP contribution is -2.10. The van der Waals surface area contributed by atoms with Crippen molar-refractivity contribution in [3.8, 4) is 22.8 Å². The Balaban J connectivity index is 1.90. The minimum Gasteiger partial charge on any atom is -0.291 e. The predicted molar refractivity (Wildman–Crippen MR) is 85.5 cm³/mol. The van der Waals surface area contributed by atoms with Crippen molar-refractivity contribution in [1.29, 1.82) is 0 Å². The van der Waals surface area contributed by atoms with Crippen molar-refractivity contribution in [2.75, 3.05) is 0 Å². The van der Waals surface area contributed by atoms with E-state index in [-0.39, 0.29) is 5.82 Å². The highest BCUT2D eigenvalue weighted by atomic mass is 19.1. The minimum absolute atomic E-state index is 0.277. The molecule has 1 aliphatic rings. The van der Waals surface area contributed by atoms with Crippen LogP contribution in [0, 0.1) is 5.82 Å². The number of benzene rings is 1. The van der Waals surface area contributed by atoms with Crippen molar-refractivity contribution in [3.05, 3.63) is 53.6 Å². The average Bonchev–Trinajstić information content (AvgIpc) is 3.01. The third-order valence-corrected chi connectivity index (χ3v) is 3.82. The quantitative estimate of drug-likeness (QED) is 0.731. The largest absolute Gasteiger partial charge is 0.291 e. The summed E-state index contributed by atoms with van der Waals surface area (Å²) in [5, 5.41) is 4.46. The monoisotopic (exact) mass is 307 g/mol. The van der Waals surface area contributed by atoms with Gasteiger partial charge in [-0.15, -0.1) is 0 Å². The molecule has 1 aromatic carbocycles. The molecule has 0 unspecified atom stereocenters. The van der Waals surface area contributed by atoms with Crippen LogP contribution in [0.3, 0.4) is 0 Å². The Morgan fingerprint density at radius 3 is 2.65 bits per heavy atom. The van der Waals surface area contributed by atoms with Gasteiger partial charge in [0.05, 0.1) is 17.9 Å². The van der Waals surface area contributed by atoms with Crippen LogP contribution in [0.1, 0.15) is 11.3 Å². The van der Waals surface area contributed by atoms with Gasteiger partial charge in [-0.1, -0.05) is 0 Å². The molecule has 3 heterocycles. The first-order chi connectivity index (χ1) is 11.2. The van der Waals surface area contributed by atoms with Crippen LogP contribution < -0.4 is 0 Å². The maximum atomic E-state index is 13.1. The Morgan fingerprint density at radius 2 is 1.91 bits per heavy atom. The molecule has 0 saturated heterocycles. The lowest BCUT2D eigenvalue weighted by Gasteiger charge is -2.15. The van der Waals surface area contributed by atoms with Crippen LogP contribution in [0.15, 0.2) is 41.5 Å². The lowest BCUT2D eigenvalue weighted by atomic mass is 10.0. The highest BCUT2D eigenvalue weighted by Gasteiger charge is 2.19. The van der Waals surface area contributed by atoms with Gasteiger partial charge in [0, 0.05) is 37.0 Å². The van der Waals surface area contributed by atoms with Gasteiger partial charge in [-0.2, -0.15) is 5.10 Å². The van der Waals surface area contributed by atoms with Crippen molar-refractivity contribution >= 4 is 6.21 Å². The average molecular weight is 307 g/mol. The summed E-state index contributed by atoms with van der Waals surface area (Å²) >= 11 is 0. The van der Waals surface area contributed by atoms with E-state index in [9.17, 15) is 4.39 Å². The van der Waals surface area contributed by atoms with Gasteiger partial charge in [-0.05, 0) is 30.3 Å². The summed E-state index contributed by atoms with van der Waals surface area (Å²) in [4.78, 5) is 13.6. The number of halogens is 1. The molecule has 0 saturated carbocycles. The normalized spacial score (nSPS) is 13.1. The highest BCUT2D eigenvalue weighted by molar-refractivity contribution is 5.73. The summed E-state index contributed by atoms with van der Waals surface area (Å²) in [5.41, 5.74) is 4.37. The summed E-state index contributed by atoms with van der Waals surface area (Å²) in [5.74, 6) is 0.294. The highest BCUT2D eigenvalue weighted by Crippen LogP contribution is 2.28. The molecule has 114 valence electrons. The van der Waals surface area contributed by atoms with E-state index in [1.807, 2.05) is 25.5 Å². The van der Waals surface area contributed by atoms with E-state index in [2.05, 4.69) is 15.1 Å². The Morgan fingerprint density at radius 1 is 1.09 bits per heavy atom. The van der Waals surface area contributed by atoms with Gasteiger partial charge in [0.25, 0.3) is 0 Å². The number of hydrogen-bond donors (Lipinski definition) is 0. The first-order valence-electron chi connectivity index (χ1n) is 7.35. The molecule has 0 radical (unpaired) electrons. The standard InChI is InChI=1S/C17H14FN5/c1-23-9-7-14(22-23)16-13-6-8-19-10-15(13)20-17(21-16)11-2-4-12(18)5-3-11/h2-5,7-9H,6,10H2,1H3. The Hall–Kier alpha value is -2.89. The first-order valence-corrected chi connectivity index (χ1v) is 7.35. The fraction of sp³-hybridized carbons (Fsp3) is 0.176. The fourth-order valence-electron chi connectivity index (χ4n) is 2.66. The number of aromatic nitrogens is 4. The lowest BCUT2D eigenvalue weighted by molar-refractivity contribution is 0.628. The second-order valence-corrected chi connectivity index (χ2v) is 5.43. The van der Waals surface area contributed by atoms with Gasteiger partial charge >= 0.3 is 0 Å². The third kappa shape index (κ3) is 2.52. The topological polar surface area (TPSA) is 56.0 Å². The molecular weight excluding hydrogens is 293 g/mol. The molecule has 4 rings (SSSR count). The van der Waals surface area contributed by atoms with Gasteiger partial charge in [0.2, 0.25) is 0 Å². The number of rotatable bonds is 2. The molecule has 0 N–H and O–H groups in total. The zero-order valence-electron chi connectivity index (χ0n) is 12.6. The van der Waals surface area contributed by atoms with Crippen molar-refractivity contribution in [2.24, 2.45) is 12.0 Å². The number of hydrogen-bond acceptors (Lipinski definition) is 4. The van der Waals surface area contributed by atoms with Crippen LogP contribution >= 0.6 is 0 Å². The number of aliphatic imine (C=N–C) groups is 1. The summed E-state index contributed by atoms with van der Waals surface area (Å²) in [6, 6.07) is 8.13. The maximum Gasteiger partial charge on any atom is 0.160 e. The summed E-state index contributed by atoms with van der Waals surface area (Å²) in [6.45, 7) is 0.534. The van der Waals surface area contributed by atoms with Gasteiger partial charge in [0.15, 0.2) is 5.82 Å². The number of fused-ring (bicyclic) bond motifs is 1. The number of aryl methyl sites for hydroxylation is 1. The van der Waals surface area contributed by atoms with Crippen molar-refractivity contribution in [1.82, 2.24) is 19.7 Å². The minimum atomic E-state index is -0.277. The molecule has 2 aromatic heterocycles. The van der Waals surface area contributed by atoms with Crippen molar-refractivity contribution in [2.45, 2.75) is 13.0 Å². The van der Waals surface area contributed by atoms with E-state index in [1.54, 1.807) is 16.8 Å². The van der Waals surface area contributed by atoms with Crippen LogP contribution in [0.4, 0.5) is 4.39 Å². The molecule has 0 aliphatic carbocycles. The van der Waals surface area contributed by atoms with Crippen LogP contribution in [-0.4, -0.2) is 26.0 Å². The Labute approximate surface area is 132 Å². The molecule has 1 aliphatic heterocycles. The van der Waals surface area contributed by atoms with Crippen LogP contribution in [0.5, 0.6) is 0 Å². The Kier molecular flexibility index (Phi) is 3.22. The van der Waals surface area contributed by atoms with Crippen LogP contribution in [0.2, 0.25) is 0 Å². The van der Waals surface area contributed by atoms with Crippen LogP contribution in [0.25, 0.3) is 22.8 Å². The zero-order valence-corrected chi connectivity index (χ0v) is 12.6. The first kappa shape index (κ1) is 13.8. The van der Waals surface area contributed by atoms with E-state index in [0.29, 0.717) is 18.8 Å². The van der Waals surface area contributed by atoms with Gasteiger partial charge in [-0.25, -0.2) is 14.4 Å². The summed E-state index contributed by atoms with van der Waals surface area (Å²) < 4.78 is 14.9. The summed E-state index contributed by atoms with van der Waals surface area (Å²) in [7, 11) is 1.87. The molecule has 0 spiro atoms. The fourth-order valence-corrected chi connectivity index (χ4v) is 2.66. The Bertz CT molecular complexity index is 896. The van der Waals surface area contributed by atoms with Gasteiger partial charge in [-0.3, -0.25) is 9.67 Å². The molecule has 23 heavy (non-hydrogen) atoms. The molecule has 0 amide bonds. The SMILES string of the molecule is Cn1ccc(-c2nc(-c3ccc(F)cc3)nc3c2CC=NC3)n1. The van der Waals surface area contributed by atoms with E-state index in [4.69, 9.17) is 4.98 Å². The van der Waals surface area contributed by atoms with Gasteiger partial charge < -0.3 is 0 Å². The molecule has 0 bridgehead atoms. The van der Waals surface area contributed by atoms with E-state index in [1.165, 1.54) is 12.1 Å². The van der Waals surface area contributed by atoms with Gasteiger partial charge in [0.1, 0.15) is 11.5 Å². The van der Waals surface area contributed by atoms with E-state index < -0.39 is 0 Å². The maximum absolute atomic E-state index is 13.1. The number of nitrogens with zero attached hydrogens (tertiary/aromatic N) is 5. The van der Waals surface area contributed by atoms with E-state index in [0.717, 1.165) is 28.2 Å². The second kappa shape index (κ2) is 5.39. The second-order valence-electron chi connectivity index (χ2n) is 5.43. The van der Waals surface area contributed by atoms with Crippen LogP contribution in [-0.2, 0) is 20.0 Å². The molecule has 5 nitrogen and oxygen atoms in total. The molecular formula is C17H14FN5. The zero-order chi connectivity index (χ0) is 15.8. The third-order valence-electron chi connectivity index (χ3n) is 3.82.